The van der Waals surface area contributed by atoms with Crippen molar-refractivity contribution in [3.8, 4) is 0 Å². The highest BCUT2D eigenvalue weighted by Crippen LogP contribution is 2.27. The highest BCUT2D eigenvalue weighted by molar-refractivity contribution is 4.77. The maximum atomic E-state index is 6.04. The smallest absolute Gasteiger partial charge is 0.0480 e. The van der Waals surface area contributed by atoms with Gasteiger partial charge in [-0.1, -0.05) is 12.8 Å². The van der Waals surface area contributed by atoms with Crippen molar-refractivity contribution in [1.82, 2.24) is 0 Å². The van der Waals surface area contributed by atoms with Crippen LogP contribution in [0.5, 0.6) is 0 Å². The monoisotopic (exact) mass is 171 g/mol. The van der Waals surface area contributed by atoms with Gasteiger partial charge in [-0.25, -0.2) is 0 Å². The maximum absolute atomic E-state index is 6.04. The van der Waals surface area contributed by atoms with Crippen molar-refractivity contribution >= 4 is 0 Å². The molecule has 0 spiro atoms. The van der Waals surface area contributed by atoms with Crippen molar-refractivity contribution in [2.24, 2.45) is 11.7 Å². The second kappa shape index (κ2) is 5.55. The van der Waals surface area contributed by atoms with E-state index in [1.54, 1.807) is 0 Å². The zero-order valence-electron chi connectivity index (χ0n) is 8.09. The summed E-state index contributed by atoms with van der Waals surface area (Å²) in [6, 6.07) is 0.388. The van der Waals surface area contributed by atoms with E-state index in [2.05, 4.69) is 0 Å². The van der Waals surface area contributed by atoms with Gasteiger partial charge in [-0.15, -0.1) is 0 Å². The van der Waals surface area contributed by atoms with Gasteiger partial charge >= 0.3 is 0 Å². The summed E-state index contributed by atoms with van der Waals surface area (Å²) in [5.41, 5.74) is 6.04. The highest BCUT2D eigenvalue weighted by Gasteiger charge is 2.21. The van der Waals surface area contributed by atoms with Crippen LogP contribution in [0.15, 0.2) is 0 Å². The summed E-state index contributed by atoms with van der Waals surface area (Å²) >= 11 is 0. The van der Waals surface area contributed by atoms with Crippen LogP contribution >= 0.6 is 0 Å². The molecule has 0 bridgehead atoms. The normalized spacial score (nSPS) is 21.5. The van der Waals surface area contributed by atoms with Crippen molar-refractivity contribution in [2.75, 3.05) is 13.2 Å². The zero-order valence-corrected chi connectivity index (χ0v) is 8.09. The van der Waals surface area contributed by atoms with Crippen LogP contribution in [0.1, 0.15) is 39.0 Å². The topological polar surface area (TPSA) is 35.2 Å². The average molecular weight is 171 g/mol. The van der Waals surface area contributed by atoms with Crippen LogP contribution < -0.4 is 5.73 Å². The third-order valence-corrected chi connectivity index (χ3v) is 2.80. The van der Waals surface area contributed by atoms with E-state index >= 15 is 0 Å². The number of ether oxygens (including phenoxy) is 1. The van der Waals surface area contributed by atoms with Crippen molar-refractivity contribution in [2.45, 2.75) is 45.1 Å². The minimum atomic E-state index is 0.388. The maximum Gasteiger partial charge on any atom is 0.0480 e. The molecule has 0 heterocycles. The van der Waals surface area contributed by atoms with Gasteiger partial charge in [-0.05, 0) is 32.1 Å². The molecule has 1 aliphatic carbocycles. The molecule has 1 rings (SSSR count). The fraction of sp³-hybridized carbons (Fsp3) is 1.00. The largest absolute Gasteiger partial charge is 0.382 e. The van der Waals surface area contributed by atoms with Gasteiger partial charge in [0.25, 0.3) is 0 Å². The van der Waals surface area contributed by atoms with Gasteiger partial charge in [0.05, 0.1) is 0 Å². The van der Waals surface area contributed by atoms with E-state index in [1.165, 1.54) is 25.7 Å². The molecule has 0 aromatic carbocycles. The van der Waals surface area contributed by atoms with Gasteiger partial charge in [0, 0.05) is 19.3 Å². The molecule has 1 fully saturated rings. The third-order valence-electron chi connectivity index (χ3n) is 2.80. The first-order valence-electron chi connectivity index (χ1n) is 5.18. The minimum absolute atomic E-state index is 0.388. The molecule has 1 aliphatic rings. The Balaban J connectivity index is 2.05. The Kier molecular flexibility index (Phi) is 4.62. The number of rotatable bonds is 5. The van der Waals surface area contributed by atoms with E-state index in [9.17, 15) is 0 Å². The number of nitrogens with two attached hydrogens (primary N) is 1. The van der Waals surface area contributed by atoms with E-state index in [4.69, 9.17) is 10.5 Å². The first-order chi connectivity index (χ1) is 5.84. The first kappa shape index (κ1) is 10.0. The third kappa shape index (κ3) is 3.11. The quantitative estimate of drug-likeness (QED) is 0.641. The predicted octanol–water partition coefficient (Wildman–Crippen LogP) is 1.93. The van der Waals surface area contributed by atoms with Crippen molar-refractivity contribution in [1.29, 1.82) is 0 Å². The summed E-state index contributed by atoms with van der Waals surface area (Å²) in [4.78, 5) is 0. The van der Waals surface area contributed by atoms with Crippen LogP contribution in [-0.2, 0) is 4.74 Å². The Morgan fingerprint density at radius 3 is 2.67 bits per heavy atom. The van der Waals surface area contributed by atoms with Crippen LogP contribution in [0.2, 0.25) is 0 Å². The lowest BCUT2D eigenvalue weighted by Gasteiger charge is -2.18. The van der Waals surface area contributed by atoms with Crippen LogP contribution in [0.25, 0.3) is 0 Å². The molecular formula is C10H21NO. The van der Waals surface area contributed by atoms with Crippen molar-refractivity contribution in [3.05, 3.63) is 0 Å². The Morgan fingerprint density at radius 1 is 1.42 bits per heavy atom. The Labute approximate surface area is 75.5 Å². The van der Waals surface area contributed by atoms with E-state index < -0.39 is 0 Å². The fourth-order valence-corrected chi connectivity index (χ4v) is 1.98. The summed E-state index contributed by atoms with van der Waals surface area (Å²) in [6.45, 7) is 3.69. The average Bonchev–Trinajstić information content (AvgIpc) is 2.56. The van der Waals surface area contributed by atoms with E-state index in [-0.39, 0.29) is 0 Å². The molecule has 2 N–H and O–H groups in total. The van der Waals surface area contributed by atoms with Gasteiger partial charge < -0.3 is 10.5 Å². The molecule has 0 amide bonds. The lowest BCUT2D eigenvalue weighted by Crippen LogP contribution is -2.29. The predicted molar refractivity (Wildman–Crippen MR) is 51.0 cm³/mol. The van der Waals surface area contributed by atoms with Crippen LogP contribution in [0.4, 0.5) is 0 Å². The molecule has 12 heavy (non-hydrogen) atoms. The summed E-state index contributed by atoms with van der Waals surface area (Å²) in [7, 11) is 0. The molecule has 0 saturated heterocycles. The Bertz CT molecular complexity index is 110. The van der Waals surface area contributed by atoms with Crippen LogP contribution in [0, 0.1) is 5.92 Å². The molecular weight excluding hydrogens is 150 g/mol. The molecule has 0 aliphatic heterocycles. The number of hydrogen-bond donors (Lipinski definition) is 1. The van der Waals surface area contributed by atoms with Crippen molar-refractivity contribution < 1.29 is 4.74 Å². The van der Waals surface area contributed by atoms with Gasteiger partial charge in [0.2, 0.25) is 0 Å². The highest BCUT2D eigenvalue weighted by atomic mass is 16.5. The summed E-state index contributed by atoms with van der Waals surface area (Å²) < 4.78 is 5.28. The van der Waals surface area contributed by atoms with Gasteiger partial charge in [-0.3, -0.25) is 0 Å². The summed E-state index contributed by atoms with van der Waals surface area (Å²) in [5, 5.41) is 0. The second-order valence-electron chi connectivity index (χ2n) is 3.69. The minimum Gasteiger partial charge on any atom is -0.382 e. The van der Waals surface area contributed by atoms with E-state index in [0.717, 1.165) is 25.6 Å². The zero-order chi connectivity index (χ0) is 8.81. The number of hydrogen-bond acceptors (Lipinski definition) is 2. The fourth-order valence-electron chi connectivity index (χ4n) is 1.98. The molecule has 0 aromatic rings. The molecule has 0 aromatic heterocycles. The van der Waals surface area contributed by atoms with Crippen molar-refractivity contribution in [3.63, 3.8) is 0 Å². The lowest BCUT2D eigenvalue weighted by molar-refractivity contribution is 0.134. The molecule has 1 unspecified atom stereocenters. The van der Waals surface area contributed by atoms with Gasteiger partial charge in [0.1, 0.15) is 0 Å². The lowest BCUT2D eigenvalue weighted by atomic mass is 9.97. The standard InChI is InChI=1S/C10H21NO/c1-2-12-8-7-10(11)9-5-3-4-6-9/h9-10H,2-8,11H2,1H3. The van der Waals surface area contributed by atoms with Crippen LogP contribution in [0.3, 0.4) is 0 Å². The Morgan fingerprint density at radius 2 is 2.08 bits per heavy atom. The summed E-state index contributed by atoms with van der Waals surface area (Å²) in [6.07, 6.45) is 6.49. The summed E-state index contributed by atoms with van der Waals surface area (Å²) in [5.74, 6) is 0.783. The molecule has 2 nitrogen and oxygen atoms in total. The van der Waals surface area contributed by atoms with Crippen LogP contribution in [-0.4, -0.2) is 19.3 Å². The van der Waals surface area contributed by atoms with E-state index in [1.807, 2.05) is 6.92 Å². The molecule has 72 valence electrons. The SMILES string of the molecule is CCOCCC(N)C1CCCC1. The van der Waals surface area contributed by atoms with Gasteiger partial charge in [-0.2, -0.15) is 0 Å². The molecule has 1 atom stereocenters. The molecule has 2 heteroatoms. The molecule has 1 saturated carbocycles. The Hall–Kier alpha value is -0.0800. The van der Waals surface area contributed by atoms with E-state index in [0.29, 0.717) is 6.04 Å². The van der Waals surface area contributed by atoms with Gasteiger partial charge in [0.15, 0.2) is 0 Å². The molecule has 0 radical (unpaired) electrons. The second-order valence-corrected chi connectivity index (χ2v) is 3.69. The first-order valence-corrected chi connectivity index (χ1v) is 5.18.